The highest BCUT2D eigenvalue weighted by molar-refractivity contribution is 6.56. The van der Waals surface area contributed by atoms with E-state index in [2.05, 4.69) is 6.92 Å². The lowest BCUT2D eigenvalue weighted by Crippen LogP contribution is -2.54. The molecule has 0 saturated heterocycles. The summed E-state index contributed by atoms with van der Waals surface area (Å²) in [6.45, 7) is 15.0. The van der Waals surface area contributed by atoms with Gasteiger partial charge in [-0.2, -0.15) is 0 Å². The Bertz CT molecular complexity index is 337. The number of carbonyl (C=O) groups is 1. The van der Waals surface area contributed by atoms with Crippen LogP contribution in [-0.4, -0.2) is 33.3 Å². The van der Waals surface area contributed by atoms with E-state index in [-0.39, 0.29) is 18.3 Å². The molecule has 0 atom stereocenters. The standard InChI is InChI=1S/C16H32O5Si/c1-9-10-11-15(8)16(17)21-22(18-12(2)3,19-13(4)5)20-14(6)7/h11-14H,9-10H2,1-8H3. The van der Waals surface area contributed by atoms with Crippen LogP contribution in [0.4, 0.5) is 0 Å². The minimum Gasteiger partial charge on any atom is -0.448 e. The summed E-state index contributed by atoms with van der Waals surface area (Å²) in [6.07, 6.45) is 3.16. The van der Waals surface area contributed by atoms with Gasteiger partial charge in [0.1, 0.15) is 0 Å². The van der Waals surface area contributed by atoms with Crippen LogP contribution < -0.4 is 0 Å². The lowest BCUT2D eigenvalue weighted by molar-refractivity contribution is -0.144. The van der Waals surface area contributed by atoms with E-state index in [0.717, 1.165) is 12.8 Å². The van der Waals surface area contributed by atoms with Crippen molar-refractivity contribution in [1.82, 2.24) is 0 Å². The molecular formula is C16H32O5Si. The first-order chi connectivity index (χ1) is 10.1. The van der Waals surface area contributed by atoms with E-state index < -0.39 is 15.0 Å². The molecule has 0 unspecified atom stereocenters. The Morgan fingerprint density at radius 2 is 1.36 bits per heavy atom. The molecular weight excluding hydrogens is 300 g/mol. The van der Waals surface area contributed by atoms with E-state index in [4.69, 9.17) is 17.7 Å². The molecule has 6 heteroatoms. The van der Waals surface area contributed by atoms with Crippen LogP contribution in [0.5, 0.6) is 0 Å². The van der Waals surface area contributed by atoms with Crippen molar-refractivity contribution >= 4 is 15.0 Å². The highest BCUT2D eigenvalue weighted by Crippen LogP contribution is 2.20. The molecule has 0 aliphatic carbocycles. The number of hydrogen-bond donors (Lipinski definition) is 0. The van der Waals surface area contributed by atoms with Crippen molar-refractivity contribution in [2.75, 3.05) is 0 Å². The van der Waals surface area contributed by atoms with Gasteiger partial charge in [-0.05, 0) is 54.9 Å². The third-order valence-corrected chi connectivity index (χ3v) is 5.13. The summed E-state index contributed by atoms with van der Waals surface area (Å²) in [5.41, 5.74) is 0.547. The van der Waals surface area contributed by atoms with Crippen LogP contribution in [0, 0.1) is 0 Å². The van der Waals surface area contributed by atoms with Crippen LogP contribution in [0.1, 0.15) is 68.2 Å². The summed E-state index contributed by atoms with van der Waals surface area (Å²) in [4.78, 5) is 12.3. The van der Waals surface area contributed by atoms with Crippen LogP contribution in [0.25, 0.3) is 0 Å². The summed E-state index contributed by atoms with van der Waals surface area (Å²) in [5.74, 6) is -0.443. The van der Waals surface area contributed by atoms with E-state index in [1.54, 1.807) is 6.92 Å². The van der Waals surface area contributed by atoms with Gasteiger partial charge in [0, 0.05) is 23.9 Å². The van der Waals surface area contributed by atoms with Gasteiger partial charge in [0.05, 0.1) is 0 Å². The molecule has 0 spiro atoms. The normalized spacial score (nSPS) is 13.3. The van der Waals surface area contributed by atoms with Crippen molar-refractivity contribution in [2.45, 2.75) is 86.5 Å². The zero-order valence-corrected chi connectivity index (χ0v) is 16.3. The van der Waals surface area contributed by atoms with E-state index in [0.29, 0.717) is 5.57 Å². The van der Waals surface area contributed by atoms with Gasteiger partial charge in [-0.3, -0.25) is 0 Å². The number of carbonyl (C=O) groups excluding carboxylic acids is 1. The van der Waals surface area contributed by atoms with Gasteiger partial charge >= 0.3 is 15.0 Å². The van der Waals surface area contributed by atoms with Gasteiger partial charge in [0.15, 0.2) is 0 Å². The minimum atomic E-state index is -3.54. The van der Waals surface area contributed by atoms with Crippen LogP contribution >= 0.6 is 0 Å². The molecule has 0 aromatic rings. The fourth-order valence-electron chi connectivity index (χ4n) is 1.66. The van der Waals surface area contributed by atoms with Gasteiger partial charge in [-0.25, -0.2) is 4.79 Å². The van der Waals surface area contributed by atoms with Crippen molar-refractivity contribution in [2.24, 2.45) is 0 Å². The Kier molecular flexibility index (Phi) is 9.83. The predicted octanol–water partition coefficient (Wildman–Crippen LogP) is 3.99. The van der Waals surface area contributed by atoms with E-state index in [9.17, 15) is 4.79 Å². The zero-order valence-electron chi connectivity index (χ0n) is 15.3. The highest BCUT2D eigenvalue weighted by Gasteiger charge is 2.52. The summed E-state index contributed by atoms with van der Waals surface area (Å²) >= 11 is 0. The maximum Gasteiger partial charge on any atom is 0.752 e. The van der Waals surface area contributed by atoms with Crippen LogP contribution in [0.2, 0.25) is 0 Å². The molecule has 22 heavy (non-hydrogen) atoms. The molecule has 0 aliphatic heterocycles. The Morgan fingerprint density at radius 3 is 1.68 bits per heavy atom. The fourth-order valence-corrected chi connectivity index (χ4v) is 4.09. The molecule has 0 heterocycles. The smallest absolute Gasteiger partial charge is 0.448 e. The zero-order chi connectivity index (χ0) is 17.3. The molecule has 0 radical (unpaired) electrons. The fraction of sp³-hybridized carbons (Fsp3) is 0.812. The van der Waals surface area contributed by atoms with Gasteiger partial charge in [0.2, 0.25) is 0 Å². The molecule has 0 aromatic carbocycles. The first kappa shape index (κ1) is 21.3. The Morgan fingerprint density at radius 1 is 0.955 bits per heavy atom. The van der Waals surface area contributed by atoms with Gasteiger partial charge in [-0.1, -0.05) is 19.4 Å². The molecule has 0 saturated carbocycles. The van der Waals surface area contributed by atoms with Crippen LogP contribution in [0.3, 0.4) is 0 Å². The predicted molar refractivity (Wildman–Crippen MR) is 89.2 cm³/mol. The summed E-state index contributed by atoms with van der Waals surface area (Å²) in [5, 5.41) is 0. The van der Waals surface area contributed by atoms with E-state index >= 15 is 0 Å². The largest absolute Gasteiger partial charge is 0.752 e. The Hall–Kier alpha value is -0.693. The molecule has 0 N–H and O–H groups in total. The summed E-state index contributed by atoms with van der Waals surface area (Å²) in [7, 11) is -3.54. The van der Waals surface area contributed by atoms with Gasteiger partial charge in [0.25, 0.3) is 0 Å². The SMILES string of the molecule is CCCC=C(C)C(=O)O[Si](OC(C)C)(OC(C)C)OC(C)C. The van der Waals surface area contributed by atoms with Gasteiger partial charge < -0.3 is 17.7 Å². The Labute approximate surface area is 136 Å². The van der Waals surface area contributed by atoms with Gasteiger partial charge in [-0.15, -0.1) is 0 Å². The molecule has 0 rings (SSSR count). The van der Waals surface area contributed by atoms with Crippen molar-refractivity contribution in [3.63, 3.8) is 0 Å². The molecule has 0 fully saturated rings. The average molecular weight is 333 g/mol. The van der Waals surface area contributed by atoms with Crippen molar-refractivity contribution in [1.29, 1.82) is 0 Å². The second-order valence-corrected chi connectivity index (χ2v) is 7.98. The minimum absolute atomic E-state index is 0.170. The van der Waals surface area contributed by atoms with Crippen LogP contribution in [0.15, 0.2) is 11.6 Å². The lowest BCUT2D eigenvalue weighted by atomic mass is 10.2. The first-order valence-corrected chi connectivity index (χ1v) is 9.68. The Balaban J connectivity index is 5.29. The summed E-state index contributed by atoms with van der Waals surface area (Å²) in [6, 6.07) is 0. The number of unbranched alkanes of at least 4 members (excludes halogenated alkanes) is 1. The number of allylic oxidation sites excluding steroid dienone is 1. The second kappa shape index (κ2) is 10.2. The second-order valence-electron chi connectivity index (χ2n) is 6.07. The van der Waals surface area contributed by atoms with Crippen molar-refractivity contribution in [3.05, 3.63) is 11.6 Å². The molecule has 0 amide bonds. The van der Waals surface area contributed by atoms with Crippen molar-refractivity contribution in [3.8, 4) is 0 Å². The molecule has 5 nitrogen and oxygen atoms in total. The average Bonchev–Trinajstić information content (AvgIpc) is 2.32. The molecule has 0 aromatic heterocycles. The highest BCUT2D eigenvalue weighted by atomic mass is 28.4. The van der Waals surface area contributed by atoms with Crippen LogP contribution in [-0.2, 0) is 22.5 Å². The maximum absolute atomic E-state index is 12.3. The quantitative estimate of drug-likeness (QED) is 0.447. The topological polar surface area (TPSA) is 54.0 Å². The molecule has 130 valence electrons. The summed E-state index contributed by atoms with van der Waals surface area (Å²) < 4.78 is 23.0. The third kappa shape index (κ3) is 8.68. The van der Waals surface area contributed by atoms with E-state index in [1.807, 2.05) is 47.6 Å². The van der Waals surface area contributed by atoms with Crippen molar-refractivity contribution < 1.29 is 22.5 Å². The maximum atomic E-state index is 12.3. The first-order valence-electron chi connectivity index (χ1n) is 8.05. The molecule has 0 aliphatic rings. The monoisotopic (exact) mass is 332 g/mol. The number of rotatable bonds is 10. The van der Waals surface area contributed by atoms with E-state index in [1.165, 1.54) is 0 Å². The third-order valence-electron chi connectivity index (χ3n) is 2.42. The lowest BCUT2D eigenvalue weighted by Gasteiger charge is -2.31. The molecule has 0 bridgehead atoms. The number of hydrogen-bond acceptors (Lipinski definition) is 5.